The summed E-state index contributed by atoms with van der Waals surface area (Å²) in [6, 6.07) is 20.7. The van der Waals surface area contributed by atoms with E-state index in [1.165, 1.54) is 0 Å². The van der Waals surface area contributed by atoms with E-state index in [2.05, 4.69) is 5.32 Å². The van der Waals surface area contributed by atoms with Gasteiger partial charge in [-0.3, -0.25) is 4.79 Å². The summed E-state index contributed by atoms with van der Waals surface area (Å²) < 4.78 is 0. The maximum Gasteiger partial charge on any atom is 0.326 e. The molecular formula is C21H19NO4. The summed E-state index contributed by atoms with van der Waals surface area (Å²) in [6.07, 6.45) is -1.28. The summed E-state index contributed by atoms with van der Waals surface area (Å²) in [5.74, 6) is -1.88. The second-order valence-electron chi connectivity index (χ2n) is 6.10. The molecule has 132 valence electrons. The van der Waals surface area contributed by atoms with Crippen LogP contribution in [-0.2, 0) is 16.0 Å². The molecule has 0 unspecified atom stereocenters. The second kappa shape index (κ2) is 7.80. The number of carboxylic acids is 1. The number of aliphatic carboxylic acids is 1. The van der Waals surface area contributed by atoms with Crippen molar-refractivity contribution in [3.05, 3.63) is 83.9 Å². The molecule has 3 aromatic rings. The third-order valence-corrected chi connectivity index (χ3v) is 4.23. The first kappa shape index (κ1) is 17.6. The minimum Gasteiger partial charge on any atom is -0.480 e. The first-order valence-corrected chi connectivity index (χ1v) is 8.28. The Morgan fingerprint density at radius 3 is 2.23 bits per heavy atom. The molecule has 5 heteroatoms. The van der Waals surface area contributed by atoms with Gasteiger partial charge in [-0.2, -0.15) is 0 Å². The monoisotopic (exact) mass is 349 g/mol. The fourth-order valence-corrected chi connectivity index (χ4v) is 2.84. The van der Waals surface area contributed by atoms with Gasteiger partial charge in [0, 0.05) is 6.42 Å². The van der Waals surface area contributed by atoms with Crippen LogP contribution in [0.15, 0.2) is 72.8 Å². The highest BCUT2D eigenvalue weighted by atomic mass is 16.4. The second-order valence-corrected chi connectivity index (χ2v) is 6.10. The predicted octanol–water partition coefficient (Wildman–Crippen LogP) is 2.69. The molecule has 3 aromatic carbocycles. The number of hydrogen-bond donors (Lipinski definition) is 3. The van der Waals surface area contributed by atoms with Gasteiger partial charge in [0.25, 0.3) is 5.91 Å². The van der Waals surface area contributed by atoms with E-state index in [4.69, 9.17) is 0 Å². The van der Waals surface area contributed by atoms with Crippen LogP contribution >= 0.6 is 0 Å². The molecule has 0 spiro atoms. The Hall–Kier alpha value is -3.18. The molecule has 3 N–H and O–H groups in total. The van der Waals surface area contributed by atoms with Crippen LogP contribution in [0.2, 0.25) is 0 Å². The SMILES string of the molecule is O=C(O)[C@H](Cc1ccc2ccccc2c1)NC(=O)[C@@H](O)c1ccccc1. The van der Waals surface area contributed by atoms with Crippen molar-refractivity contribution in [2.45, 2.75) is 18.6 Å². The molecule has 0 heterocycles. The van der Waals surface area contributed by atoms with Crippen molar-refractivity contribution in [1.82, 2.24) is 5.32 Å². The number of rotatable bonds is 6. The van der Waals surface area contributed by atoms with Crippen LogP contribution in [-0.4, -0.2) is 28.1 Å². The number of amides is 1. The van der Waals surface area contributed by atoms with Crippen molar-refractivity contribution in [2.75, 3.05) is 0 Å². The molecule has 0 fully saturated rings. The van der Waals surface area contributed by atoms with Gasteiger partial charge in [0.2, 0.25) is 0 Å². The molecule has 0 saturated carbocycles. The molecule has 0 aliphatic carbocycles. The number of carbonyl (C=O) groups is 2. The van der Waals surface area contributed by atoms with Crippen LogP contribution in [0.5, 0.6) is 0 Å². The normalized spacial score (nSPS) is 13.1. The number of carbonyl (C=O) groups excluding carboxylic acids is 1. The van der Waals surface area contributed by atoms with Crippen molar-refractivity contribution in [3.63, 3.8) is 0 Å². The topological polar surface area (TPSA) is 86.6 Å². The summed E-state index contributed by atoms with van der Waals surface area (Å²) in [5.41, 5.74) is 1.21. The molecule has 0 aliphatic rings. The van der Waals surface area contributed by atoms with E-state index in [0.29, 0.717) is 5.56 Å². The number of fused-ring (bicyclic) bond motifs is 1. The smallest absolute Gasteiger partial charge is 0.326 e. The number of hydrogen-bond acceptors (Lipinski definition) is 3. The van der Waals surface area contributed by atoms with E-state index in [0.717, 1.165) is 16.3 Å². The lowest BCUT2D eigenvalue weighted by molar-refractivity contribution is -0.143. The lowest BCUT2D eigenvalue weighted by Gasteiger charge is -2.18. The van der Waals surface area contributed by atoms with Crippen molar-refractivity contribution < 1.29 is 19.8 Å². The zero-order valence-corrected chi connectivity index (χ0v) is 14.0. The van der Waals surface area contributed by atoms with Gasteiger partial charge in [-0.15, -0.1) is 0 Å². The largest absolute Gasteiger partial charge is 0.480 e. The molecule has 3 rings (SSSR count). The fraction of sp³-hybridized carbons (Fsp3) is 0.143. The van der Waals surface area contributed by atoms with E-state index < -0.39 is 24.0 Å². The van der Waals surface area contributed by atoms with E-state index in [1.807, 2.05) is 42.5 Å². The van der Waals surface area contributed by atoms with Crippen molar-refractivity contribution in [1.29, 1.82) is 0 Å². The number of aliphatic hydroxyl groups is 1. The quantitative estimate of drug-likeness (QED) is 0.639. The lowest BCUT2D eigenvalue weighted by atomic mass is 10.0. The number of benzene rings is 3. The van der Waals surface area contributed by atoms with Crippen molar-refractivity contribution in [3.8, 4) is 0 Å². The Morgan fingerprint density at radius 1 is 0.885 bits per heavy atom. The molecule has 0 radical (unpaired) electrons. The Balaban J connectivity index is 1.74. The number of nitrogens with one attached hydrogen (secondary N) is 1. The highest BCUT2D eigenvalue weighted by molar-refractivity contribution is 5.87. The minimum absolute atomic E-state index is 0.132. The Morgan fingerprint density at radius 2 is 1.54 bits per heavy atom. The average molecular weight is 349 g/mol. The molecule has 0 bridgehead atoms. The van der Waals surface area contributed by atoms with Gasteiger partial charge in [-0.05, 0) is 21.9 Å². The Kier molecular flexibility index (Phi) is 5.29. The van der Waals surface area contributed by atoms with Crippen LogP contribution in [0.4, 0.5) is 0 Å². The molecule has 0 aromatic heterocycles. The van der Waals surface area contributed by atoms with Crippen LogP contribution in [0.1, 0.15) is 17.2 Å². The van der Waals surface area contributed by atoms with Crippen molar-refractivity contribution in [2.24, 2.45) is 0 Å². The molecule has 26 heavy (non-hydrogen) atoms. The zero-order chi connectivity index (χ0) is 18.5. The summed E-state index contributed by atoms with van der Waals surface area (Å²) >= 11 is 0. The van der Waals surface area contributed by atoms with Gasteiger partial charge in [0.1, 0.15) is 6.04 Å². The van der Waals surface area contributed by atoms with Gasteiger partial charge < -0.3 is 15.5 Å². The highest BCUT2D eigenvalue weighted by Gasteiger charge is 2.25. The van der Waals surface area contributed by atoms with Crippen molar-refractivity contribution >= 4 is 22.6 Å². The van der Waals surface area contributed by atoms with Gasteiger partial charge in [-0.1, -0.05) is 72.8 Å². The molecule has 5 nitrogen and oxygen atoms in total. The maximum absolute atomic E-state index is 12.2. The number of aliphatic hydroxyl groups excluding tert-OH is 1. The Labute approximate surface area is 150 Å². The minimum atomic E-state index is -1.41. The molecule has 2 atom stereocenters. The Bertz CT molecular complexity index is 923. The van der Waals surface area contributed by atoms with E-state index in [1.54, 1.807) is 30.3 Å². The third kappa shape index (κ3) is 4.07. The maximum atomic E-state index is 12.2. The van der Waals surface area contributed by atoms with E-state index >= 15 is 0 Å². The number of carboxylic acid groups (broad SMARTS) is 1. The summed E-state index contributed by atoms with van der Waals surface area (Å²) in [6.45, 7) is 0. The van der Waals surface area contributed by atoms with Crippen LogP contribution < -0.4 is 5.32 Å². The zero-order valence-electron chi connectivity index (χ0n) is 14.0. The van der Waals surface area contributed by atoms with Gasteiger partial charge in [0.15, 0.2) is 6.10 Å². The molecular weight excluding hydrogens is 330 g/mol. The summed E-state index contributed by atoms with van der Waals surface area (Å²) in [7, 11) is 0. The average Bonchev–Trinajstić information content (AvgIpc) is 2.67. The van der Waals surface area contributed by atoms with Crippen LogP contribution in [0.25, 0.3) is 10.8 Å². The fourth-order valence-electron chi connectivity index (χ4n) is 2.84. The van der Waals surface area contributed by atoms with E-state index in [9.17, 15) is 19.8 Å². The lowest BCUT2D eigenvalue weighted by Crippen LogP contribution is -2.44. The predicted molar refractivity (Wildman–Crippen MR) is 98.6 cm³/mol. The van der Waals surface area contributed by atoms with Gasteiger partial charge >= 0.3 is 5.97 Å². The highest BCUT2D eigenvalue weighted by Crippen LogP contribution is 2.17. The van der Waals surface area contributed by atoms with Crippen LogP contribution in [0, 0.1) is 0 Å². The van der Waals surface area contributed by atoms with Gasteiger partial charge in [-0.25, -0.2) is 4.79 Å². The molecule has 0 saturated heterocycles. The summed E-state index contributed by atoms with van der Waals surface area (Å²) in [4.78, 5) is 23.8. The first-order chi connectivity index (χ1) is 12.5. The van der Waals surface area contributed by atoms with E-state index in [-0.39, 0.29) is 6.42 Å². The molecule has 0 aliphatic heterocycles. The first-order valence-electron chi connectivity index (χ1n) is 8.28. The standard InChI is InChI=1S/C21H19NO4/c23-19(16-7-2-1-3-8-16)20(24)22-18(21(25)26)13-14-10-11-15-6-4-5-9-17(15)12-14/h1-12,18-19,23H,13H2,(H,22,24)(H,25,26)/t18-,19-/m0/s1. The molecule has 1 amide bonds. The summed E-state index contributed by atoms with van der Waals surface area (Å²) in [5, 5.41) is 24.1. The van der Waals surface area contributed by atoms with Crippen LogP contribution in [0.3, 0.4) is 0 Å². The van der Waals surface area contributed by atoms with Gasteiger partial charge in [0.05, 0.1) is 0 Å². The third-order valence-electron chi connectivity index (χ3n) is 4.23.